The second-order valence-electron chi connectivity index (χ2n) is 5.04. The predicted octanol–water partition coefficient (Wildman–Crippen LogP) is 2.60. The van der Waals surface area contributed by atoms with Gasteiger partial charge in [-0.1, -0.05) is 42.5 Å². The largest absolute Gasteiger partial charge is 0.357 e. The summed E-state index contributed by atoms with van der Waals surface area (Å²) in [6.45, 7) is 0.726. The fourth-order valence-corrected chi connectivity index (χ4v) is 2.72. The van der Waals surface area contributed by atoms with Crippen LogP contribution in [-0.4, -0.2) is 10.8 Å². The van der Waals surface area contributed by atoms with Crippen molar-refractivity contribution in [1.29, 1.82) is 0 Å². The molecule has 2 atom stereocenters. The van der Waals surface area contributed by atoms with Gasteiger partial charge in [0, 0.05) is 18.2 Å². The van der Waals surface area contributed by atoms with E-state index in [1.807, 2.05) is 18.2 Å². The van der Waals surface area contributed by atoms with Crippen LogP contribution >= 0.6 is 12.2 Å². The van der Waals surface area contributed by atoms with Crippen LogP contribution in [0.2, 0.25) is 0 Å². The van der Waals surface area contributed by atoms with Crippen LogP contribution in [0, 0.1) is 11.8 Å². The summed E-state index contributed by atoms with van der Waals surface area (Å²) < 4.78 is 0. The molecule has 3 rings (SSSR count). The van der Waals surface area contributed by atoms with Crippen molar-refractivity contribution in [2.24, 2.45) is 16.9 Å². The first-order valence-electron chi connectivity index (χ1n) is 6.64. The van der Waals surface area contributed by atoms with Gasteiger partial charge in [-0.05, 0) is 36.5 Å². The number of rotatable bonds is 3. The minimum absolute atomic E-state index is 0.560. The molecule has 2 aliphatic carbocycles. The molecule has 1 fully saturated rings. The topological polar surface area (TPSA) is 36.4 Å². The van der Waals surface area contributed by atoms with E-state index in [9.17, 15) is 0 Å². The van der Waals surface area contributed by atoms with Gasteiger partial charge in [0.05, 0.1) is 0 Å². The maximum absolute atomic E-state index is 5.22. The number of fused-ring (bicyclic) bond motifs is 1. The number of benzene rings is 1. The van der Waals surface area contributed by atoms with Crippen molar-refractivity contribution in [2.75, 3.05) is 0 Å². The van der Waals surface area contributed by atoms with Crippen molar-refractivity contribution in [3.63, 3.8) is 0 Å². The molecule has 2 aliphatic rings. The van der Waals surface area contributed by atoms with E-state index in [1.54, 1.807) is 0 Å². The molecule has 0 heterocycles. The van der Waals surface area contributed by atoms with Gasteiger partial charge in [-0.2, -0.15) is 5.10 Å². The Bertz CT molecular complexity index is 521. The van der Waals surface area contributed by atoms with Crippen molar-refractivity contribution in [2.45, 2.75) is 19.4 Å². The fraction of sp³-hybridized carbons (Fsp3) is 0.333. The zero-order valence-corrected chi connectivity index (χ0v) is 11.5. The molecule has 3 nitrogen and oxygen atoms in total. The van der Waals surface area contributed by atoms with Gasteiger partial charge in [0.15, 0.2) is 5.11 Å². The molecule has 0 spiro atoms. The molecule has 0 radical (unpaired) electrons. The van der Waals surface area contributed by atoms with E-state index in [0.717, 1.165) is 18.9 Å². The monoisotopic (exact) mass is 271 g/mol. The van der Waals surface area contributed by atoms with Crippen LogP contribution in [0.25, 0.3) is 0 Å². The Balaban J connectivity index is 1.45. The number of hydrogen-bond acceptors (Lipinski definition) is 2. The Morgan fingerprint density at radius 3 is 2.95 bits per heavy atom. The quantitative estimate of drug-likeness (QED) is 0.504. The standard InChI is InChI=1S/C15H17N3S/c19-15(16-10-11-5-2-1-3-6-11)18-17-14-9-12-7-4-8-13(12)14/h1-6,8,12-13H,7,9-10H2,(H2,16,18,19)/b17-14-. The van der Waals surface area contributed by atoms with Crippen LogP contribution in [0.3, 0.4) is 0 Å². The third kappa shape index (κ3) is 2.84. The molecular weight excluding hydrogens is 254 g/mol. The molecular formula is C15H17N3S. The van der Waals surface area contributed by atoms with E-state index in [2.05, 4.69) is 40.1 Å². The minimum Gasteiger partial charge on any atom is -0.357 e. The van der Waals surface area contributed by atoms with Crippen molar-refractivity contribution in [3.05, 3.63) is 48.0 Å². The second-order valence-corrected chi connectivity index (χ2v) is 5.45. The molecule has 0 aromatic heterocycles. The van der Waals surface area contributed by atoms with Crippen LogP contribution < -0.4 is 10.7 Å². The average molecular weight is 271 g/mol. The second kappa shape index (κ2) is 5.53. The van der Waals surface area contributed by atoms with Crippen molar-refractivity contribution in [1.82, 2.24) is 10.7 Å². The highest BCUT2D eigenvalue weighted by Crippen LogP contribution is 2.40. The van der Waals surface area contributed by atoms with Gasteiger partial charge in [0.25, 0.3) is 0 Å². The zero-order chi connectivity index (χ0) is 13.1. The number of nitrogens with one attached hydrogen (secondary N) is 2. The molecule has 4 heteroatoms. The predicted molar refractivity (Wildman–Crippen MR) is 81.8 cm³/mol. The highest BCUT2D eigenvalue weighted by atomic mass is 32.1. The maximum atomic E-state index is 5.22. The first-order chi connectivity index (χ1) is 9.33. The Hall–Kier alpha value is -1.68. The van der Waals surface area contributed by atoms with E-state index < -0.39 is 0 Å². The average Bonchev–Trinajstić information content (AvgIpc) is 2.79. The third-order valence-corrected chi connectivity index (χ3v) is 3.98. The highest BCUT2D eigenvalue weighted by Gasteiger charge is 2.37. The summed E-state index contributed by atoms with van der Waals surface area (Å²) in [5.74, 6) is 1.36. The fourth-order valence-electron chi connectivity index (χ4n) is 2.60. The van der Waals surface area contributed by atoms with E-state index in [4.69, 9.17) is 12.2 Å². The summed E-state index contributed by atoms with van der Waals surface area (Å²) >= 11 is 5.22. The maximum Gasteiger partial charge on any atom is 0.187 e. The van der Waals surface area contributed by atoms with Gasteiger partial charge in [-0.15, -0.1) is 0 Å². The van der Waals surface area contributed by atoms with E-state index in [1.165, 1.54) is 17.7 Å². The number of allylic oxidation sites excluding steroid dienone is 2. The number of thiocarbonyl (C=S) groups is 1. The van der Waals surface area contributed by atoms with Gasteiger partial charge in [0.1, 0.15) is 0 Å². The normalized spacial score (nSPS) is 25.8. The van der Waals surface area contributed by atoms with E-state index in [-0.39, 0.29) is 0 Å². The summed E-state index contributed by atoms with van der Waals surface area (Å²) in [5, 5.41) is 8.14. The molecule has 2 N–H and O–H groups in total. The van der Waals surface area contributed by atoms with E-state index in [0.29, 0.717) is 11.0 Å². The molecule has 1 aromatic rings. The van der Waals surface area contributed by atoms with Gasteiger partial charge in [0.2, 0.25) is 0 Å². The lowest BCUT2D eigenvalue weighted by Gasteiger charge is -2.31. The van der Waals surface area contributed by atoms with Crippen LogP contribution in [-0.2, 0) is 6.54 Å². The first kappa shape index (κ1) is 12.4. The molecule has 19 heavy (non-hydrogen) atoms. The summed E-state index contributed by atoms with van der Waals surface area (Å²) in [5.41, 5.74) is 5.38. The molecule has 0 saturated heterocycles. The number of nitrogens with zero attached hydrogens (tertiary/aromatic N) is 1. The van der Waals surface area contributed by atoms with Crippen molar-refractivity contribution in [3.8, 4) is 0 Å². The van der Waals surface area contributed by atoms with E-state index >= 15 is 0 Å². The minimum atomic E-state index is 0.560. The van der Waals surface area contributed by atoms with Crippen molar-refractivity contribution < 1.29 is 0 Å². The summed E-state index contributed by atoms with van der Waals surface area (Å²) in [6, 6.07) is 10.2. The third-order valence-electron chi connectivity index (χ3n) is 3.74. The Morgan fingerprint density at radius 1 is 1.32 bits per heavy atom. The summed E-state index contributed by atoms with van der Waals surface area (Å²) in [4.78, 5) is 0. The lowest BCUT2D eigenvalue weighted by Crippen LogP contribution is -2.38. The highest BCUT2D eigenvalue weighted by molar-refractivity contribution is 7.80. The lowest BCUT2D eigenvalue weighted by atomic mass is 9.74. The summed E-state index contributed by atoms with van der Waals surface area (Å²) in [6.07, 6.45) is 6.82. The Labute approximate surface area is 118 Å². The van der Waals surface area contributed by atoms with Crippen LogP contribution in [0.1, 0.15) is 18.4 Å². The molecule has 2 unspecified atom stereocenters. The molecule has 1 saturated carbocycles. The zero-order valence-electron chi connectivity index (χ0n) is 10.7. The van der Waals surface area contributed by atoms with Gasteiger partial charge in [-0.3, -0.25) is 5.43 Å². The van der Waals surface area contributed by atoms with Gasteiger partial charge < -0.3 is 5.32 Å². The Kier molecular flexibility index (Phi) is 3.60. The van der Waals surface area contributed by atoms with Crippen LogP contribution in [0.4, 0.5) is 0 Å². The molecule has 0 bridgehead atoms. The Morgan fingerprint density at radius 2 is 2.16 bits per heavy atom. The molecule has 0 amide bonds. The van der Waals surface area contributed by atoms with Crippen LogP contribution in [0.5, 0.6) is 0 Å². The molecule has 1 aromatic carbocycles. The summed E-state index contributed by atoms with van der Waals surface area (Å²) in [7, 11) is 0. The van der Waals surface area contributed by atoms with Crippen LogP contribution in [0.15, 0.2) is 47.6 Å². The number of hydrazone groups is 1. The molecule has 0 aliphatic heterocycles. The van der Waals surface area contributed by atoms with Gasteiger partial charge >= 0.3 is 0 Å². The molecule has 98 valence electrons. The first-order valence-corrected chi connectivity index (χ1v) is 7.04. The van der Waals surface area contributed by atoms with Crippen molar-refractivity contribution >= 4 is 23.0 Å². The smallest absolute Gasteiger partial charge is 0.187 e. The SMILES string of the molecule is S=C(NCc1ccccc1)N/N=C1/CC2CC=CC12. The van der Waals surface area contributed by atoms with Gasteiger partial charge in [-0.25, -0.2) is 0 Å². The lowest BCUT2D eigenvalue weighted by molar-refractivity contribution is 0.444. The number of hydrogen-bond donors (Lipinski definition) is 2.